The van der Waals surface area contributed by atoms with Crippen molar-refractivity contribution in [2.45, 2.75) is 6.42 Å². The van der Waals surface area contributed by atoms with E-state index < -0.39 is 8.25 Å². The van der Waals surface area contributed by atoms with Crippen molar-refractivity contribution in [1.29, 1.82) is 0 Å². The fourth-order valence-electron chi connectivity index (χ4n) is 2.33. The minimum Gasteiger partial charge on any atom is -0.558 e. The van der Waals surface area contributed by atoms with Gasteiger partial charge in [-0.2, -0.15) is 0 Å². The maximum atomic E-state index is 10.7. The maximum absolute atomic E-state index is 10.7. The van der Waals surface area contributed by atoms with Crippen LogP contribution in [0.3, 0.4) is 0 Å². The highest BCUT2D eigenvalue weighted by molar-refractivity contribution is 7.31. The van der Waals surface area contributed by atoms with Crippen molar-refractivity contribution in [2.24, 2.45) is 0 Å². The molecule has 0 heterocycles. The monoisotopic (exact) mass is 270 g/mol. The van der Waals surface area contributed by atoms with E-state index in [1.54, 1.807) is 6.07 Å². The molecule has 2 aromatic carbocycles. The molecule has 0 saturated carbocycles. The summed E-state index contributed by atoms with van der Waals surface area (Å²) in [7, 11) is -2.89. The first kappa shape index (κ1) is 12.1. The van der Waals surface area contributed by atoms with Gasteiger partial charge in [0.15, 0.2) is 5.75 Å². The molecule has 0 aromatic heterocycles. The summed E-state index contributed by atoms with van der Waals surface area (Å²) < 4.78 is 15.6. The van der Waals surface area contributed by atoms with Gasteiger partial charge in [0.1, 0.15) is 0 Å². The Kier molecular flexibility index (Phi) is 3.16. The first-order valence-corrected chi connectivity index (χ1v) is 7.04. The highest BCUT2D eigenvalue weighted by Crippen LogP contribution is 2.33. The van der Waals surface area contributed by atoms with Crippen molar-refractivity contribution in [3.63, 3.8) is 0 Å². The van der Waals surface area contributed by atoms with Crippen LogP contribution >= 0.6 is 8.25 Å². The Hall–Kier alpha value is -1.96. The molecule has 1 aliphatic rings. The van der Waals surface area contributed by atoms with Gasteiger partial charge < -0.3 is 4.89 Å². The first-order chi connectivity index (χ1) is 9.24. The van der Waals surface area contributed by atoms with E-state index in [4.69, 9.17) is 4.52 Å². The third-order valence-corrected chi connectivity index (χ3v) is 3.54. The summed E-state index contributed by atoms with van der Waals surface area (Å²) in [6, 6.07) is 13.6. The Labute approximate surface area is 112 Å². The molecule has 0 aliphatic heterocycles. The molecule has 0 N–H and O–H groups in total. The van der Waals surface area contributed by atoms with E-state index in [2.05, 4.69) is 6.07 Å². The van der Waals surface area contributed by atoms with Gasteiger partial charge in [0, 0.05) is 5.56 Å². The van der Waals surface area contributed by atoms with E-state index in [1.807, 2.05) is 42.5 Å². The number of fused-ring (bicyclic) bond motifs is 2. The third kappa shape index (κ3) is 2.43. The van der Waals surface area contributed by atoms with Crippen molar-refractivity contribution in [3.05, 3.63) is 64.7 Å². The average Bonchev–Trinajstić information content (AvgIpc) is 2.57. The van der Waals surface area contributed by atoms with Gasteiger partial charge in [-0.25, -0.2) is 0 Å². The molecule has 1 atom stereocenters. The van der Waals surface area contributed by atoms with Crippen LogP contribution in [-0.2, 0) is 11.0 Å². The van der Waals surface area contributed by atoms with Crippen molar-refractivity contribution in [3.8, 4) is 5.75 Å². The molecule has 4 heteroatoms. The minimum absolute atomic E-state index is 0.387. The van der Waals surface area contributed by atoms with Gasteiger partial charge in [0.25, 0.3) is 0 Å². The van der Waals surface area contributed by atoms with Crippen LogP contribution < -0.4 is 9.42 Å². The molecular weight excluding hydrogens is 259 g/mol. The van der Waals surface area contributed by atoms with Crippen LogP contribution in [0.15, 0.2) is 42.5 Å². The number of hydrogen-bond donors (Lipinski definition) is 0. The molecule has 0 bridgehead atoms. The molecule has 2 aromatic rings. The van der Waals surface area contributed by atoms with Gasteiger partial charge >= 0.3 is 8.25 Å². The van der Waals surface area contributed by atoms with Gasteiger partial charge in [0.2, 0.25) is 0 Å². The lowest BCUT2D eigenvalue weighted by atomic mass is 9.99. The first-order valence-electron chi connectivity index (χ1n) is 5.94. The lowest BCUT2D eigenvalue weighted by Gasteiger charge is -2.07. The molecule has 94 valence electrons. The molecule has 1 aliphatic carbocycles. The molecule has 0 spiro atoms. The summed E-state index contributed by atoms with van der Waals surface area (Å²) in [5.74, 6) is 0.387. The molecule has 3 nitrogen and oxygen atoms in total. The summed E-state index contributed by atoms with van der Waals surface area (Å²) >= 11 is 0. The zero-order valence-corrected chi connectivity index (χ0v) is 11.0. The summed E-state index contributed by atoms with van der Waals surface area (Å²) in [6.07, 6.45) is 4.67. The molecule has 19 heavy (non-hydrogen) atoms. The number of hydrogen-bond acceptors (Lipinski definition) is 3. The molecule has 0 amide bonds. The Balaban J connectivity index is 2.10. The van der Waals surface area contributed by atoms with Gasteiger partial charge in [0.05, 0.1) is 0 Å². The molecule has 0 fully saturated rings. The van der Waals surface area contributed by atoms with Gasteiger partial charge in [-0.15, -0.1) is 0 Å². The smallest absolute Gasteiger partial charge is 0.539 e. The van der Waals surface area contributed by atoms with Crippen LogP contribution in [0, 0.1) is 0 Å². The van der Waals surface area contributed by atoms with E-state index in [-0.39, 0.29) is 0 Å². The predicted octanol–water partition coefficient (Wildman–Crippen LogP) is 3.16. The lowest BCUT2D eigenvalue weighted by molar-refractivity contribution is -0.178. The summed E-state index contributed by atoms with van der Waals surface area (Å²) in [4.78, 5) is 10.7. The van der Waals surface area contributed by atoms with Crippen molar-refractivity contribution in [2.75, 3.05) is 0 Å². The summed E-state index contributed by atoms with van der Waals surface area (Å²) in [5, 5.41) is 0. The zero-order valence-electron chi connectivity index (χ0n) is 10.1. The largest absolute Gasteiger partial charge is 0.558 e. The van der Waals surface area contributed by atoms with E-state index in [0.29, 0.717) is 5.75 Å². The van der Waals surface area contributed by atoms with Crippen LogP contribution in [0.2, 0.25) is 0 Å². The highest BCUT2D eigenvalue weighted by atomic mass is 31.1. The van der Waals surface area contributed by atoms with Gasteiger partial charge in [-0.3, -0.25) is 4.52 Å². The molecule has 3 rings (SSSR count). The average molecular weight is 270 g/mol. The van der Waals surface area contributed by atoms with E-state index >= 15 is 0 Å². The van der Waals surface area contributed by atoms with Crippen molar-refractivity contribution >= 4 is 20.4 Å². The third-order valence-electron chi connectivity index (χ3n) is 3.19. The Bertz CT molecular complexity index is 677. The highest BCUT2D eigenvalue weighted by Gasteiger charge is 2.16. The van der Waals surface area contributed by atoms with Crippen molar-refractivity contribution < 1.29 is 14.0 Å². The van der Waals surface area contributed by atoms with E-state index in [0.717, 1.165) is 23.1 Å². The maximum Gasteiger partial charge on any atom is 0.539 e. The molecule has 0 saturated heterocycles. The Morgan fingerprint density at radius 3 is 2.63 bits per heavy atom. The van der Waals surface area contributed by atoms with E-state index in [9.17, 15) is 9.46 Å². The summed E-state index contributed by atoms with van der Waals surface area (Å²) in [5.41, 5.74) is 4.27. The number of benzene rings is 2. The normalized spacial score (nSPS) is 13.2. The predicted molar refractivity (Wildman–Crippen MR) is 72.9 cm³/mol. The SMILES string of the molecule is O=[P+]([O-])Oc1cccc2c1C=Cc1ccccc1C2. The van der Waals surface area contributed by atoms with Crippen LogP contribution in [0.1, 0.15) is 22.3 Å². The Morgan fingerprint density at radius 2 is 1.79 bits per heavy atom. The quantitative estimate of drug-likeness (QED) is 0.672. The standard InChI is InChI=1S/C15H11O3P/c16-19(17)18-15-7-3-6-13-10-12-5-2-1-4-11(12)8-9-14(13)15/h1-9H,10H2. The molecule has 1 unspecified atom stereocenters. The fraction of sp³-hybridized carbons (Fsp3) is 0.0667. The second-order valence-electron chi connectivity index (χ2n) is 4.35. The molecular formula is C15H11O3P. The van der Waals surface area contributed by atoms with Crippen LogP contribution in [0.5, 0.6) is 5.75 Å². The van der Waals surface area contributed by atoms with Crippen molar-refractivity contribution in [1.82, 2.24) is 0 Å². The van der Waals surface area contributed by atoms with Gasteiger partial charge in [-0.1, -0.05) is 48.6 Å². The number of rotatable bonds is 2. The van der Waals surface area contributed by atoms with Crippen LogP contribution in [0.4, 0.5) is 0 Å². The van der Waals surface area contributed by atoms with Crippen LogP contribution in [-0.4, -0.2) is 0 Å². The van der Waals surface area contributed by atoms with Gasteiger partial charge in [-0.05, 0) is 33.7 Å². The second-order valence-corrected chi connectivity index (χ2v) is 4.98. The molecule has 0 radical (unpaired) electrons. The second kappa shape index (κ2) is 4.96. The topological polar surface area (TPSA) is 49.4 Å². The summed E-state index contributed by atoms with van der Waals surface area (Å²) in [6.45, 7) is 0. The zero-order chi connectivity index (χ0) is 13.2. The Morgan fingerprint density at radius 1 is 1.00 bits per heavy atom. The van der Waals surface area contributed by atoms with Crippen LogP contribution in [0.25, 0.3) is 12.2 Å². The van der Waals surface area contributed by atoms with E-state index in [1.165, 1.54) is 5.56 Å². The fourth-order valence-corrected chi connectivity index (χ4v) is 2.65. The minimum atomic E-state index is -2.89. The lowest BCUT2D eigenvalue weighted by Crippen LogP contribution is -1.97.